The Morgan fingerprint density at radius 1 is 1.16 bits per heavy atom. The lowest BCUT2D eigenvalue weighted by Gasteiger charge is -2.33. The molecule has 1 fully saturated rings. The summed E-state index contributed by atoms with van der Waals surface area (Å²) in [5.41, 5.74) is 1.34. The van der Waals surface area contributed by atoms with E-state index >= 15 is 0 Å². The van der Waals surface area contributed by atoms with Gasteiger partial charge in [0.1, 0.15) is 12.3 Å². The first-order valence-electron chi connectivity index (χ1n) is 8.70. The summed E-state index contributed by atoms with van der Waals surface area (Å²) in [6.07, 6.45) is -0.505. The van der Waals surface area contributed by atoms with Crippen LogP contribution in [0.15, 0.2) is 54.6 Å². The highest BCUT2D eigenvalue weighted by atomic mass is 35.5. The van der Waals surface area contributed by atoms with Crippen molar-refractivity contribution in [2.75, 3.05) is 26.2 Å². The average molecular weight is 360 g/mol. The van der Waals surface area contributed by atoms with E-state index in [-0.39, 0.29) is 5.91 Å². The molecule has 0 aromatic heterocycles. The van der Waals surface area contributed by atoms with Crippen molar-refractivity contribution in [1.82, 2.24) is 4.90 Å². The van der Waals surface area contributed by atoms with Crippen molar-refractivity contribution in [3.63, 3.8) is 0 Å². The summed E-state index contributed by atoms with van der Waals surface area (Å²) < 4.78 is 5.75. The number of benzene rings is 2. The Morgan fingerprint density at radius 2 is 1.88 bits per heavy atom. The third kappa shape index (κ3) is 4.97. The van der Waals surface area contributed by atoms with Crippen molar-refractivity contribution in [2.45, 2.75) is 19.6 Å². The van der Waals surface area contributed by atoms with E-state index in [2.05, 4.69) is 24.3 Å². The molecule has 132 valence electrons. The van der Waals surface area contributed by atoms with Gasteiger partial charge in [-0.2, -0.15) is 0 Å². The van der Waals surface area contributed by atoms with Gasteiger partial charge in [-0.15, -0.1) is 0 Å². The van der Waals surface area contributed by atoms with Crippen LogP contribution in [0.2, 0.25) is 5.02 Å². The number of amides is 1. The zero-order valence-corrected chi connectivity index (χ0v) is 15.2. The summed E-state index contributed by atoms with van der Waals surface area (Å²) in [6.45, 7) is 6.27. The minimum Gasteiger partial charge on any atom is -0.481 e. The number of nitrogens with zero attached hydrogens (tertiary/aromatic N) is 1. The van der Waals surface area contributed by atoms with Crippen molar-refractivity contribution < 1.29 is 14.4 Å². The number of carbonyl (C=O) groups is 1. The third-order valence-corrected chi connectivity index (χ3v) is 4.77. The molecule has 1 saturated heterocycles. The van der Waals surface area contributed by atoms with Crippen molar-refractivity contribution in [3.8, 4) is 5.75 Å². The number of halogens is 1. The van der Waals surface area contributed by atoms with Crippen LogP contribution in [0.1, 0.15) is 12.5 Å². The fraction of sp³-hybridized carbons (Fsp3) is 0.350. The van der Waals surface area contributed by atoms with E-state index in [4.69, 9.17) is 16.3 Å². The van der Waals surface area contributed by atoms with Crippen LogP contribution in [0.25, 0.3) is 0 Å². The molecule has 25 heavy (non-hydrogen) atoms. The lowest BCUT2D eigenvalue weighted by molar-refractivity contribution is -0.917. The average Bonchev–Trinajstić information content (AvgIpc) is 2.62. The molecule has 0 radical (unpaired) electrons. The van der Waals surface area contributed by atoms with Crippen LogP contribution in [-0.4, -0.2) is 43.1 Å². The molecule has 1 amide bonds. The van der Waals surface area contributed by atoms with Crippen molar-refractivity contribution in [3.05, 3.63) is 65.2 Å². The fourth-order valence-electron chi connectivity index (χ4n) is 3.16. The molecule has 0 spiro atoms. The van der Waals surface area contributed by atoms with Gasteiger partial charge in [0, 0.05) is 10.6 Å². The number of hydrogen-bond donors (Lipinski definition) is 1. The third-order valence-electron chi connectivity index (χ3n) is 4.54. The summed E-state index contributed by atoms with van der Waals surface area (Å²) in [6, 6.07) is 17.7. The molecule has 1 aliphatic rings. The Morgan fingerprint density at radius 3 is 2.56 bits per heavy atom. The molecule has 5 heteroatoms. The molecule has 1 N–H and O–H groups in total. The molecule has 2 aromatic carbocycles. The normalized spacial score (nSPS) is 16.5. The molecule has 1 aliphatic heterocycles. The summed E-state index contributed by atoms with van der Waals surface area (Å²) in [5.74, 6) is 0.667. The highest BCUT2D eigenvalue weighted by Gasteiger charge is 2.27. The van der Waals surface area contributed by atoms with Crippen LogP contribution in [0.5, 0.6) is 5.75 Å². The van der Waals surface area contributed by atoms with E-state index in [0.717, 1.165) is 32.7 Å². The van der Waals surface area contributed by atoms with E-state index < -0.39 is 6.10 Å². The monoisotopic (exact) mass is 359 g/mol. The molecular weight excluding hydrogens is 336 g/mol. The van der Waals surface area contributed by atoms with Crippen LogP contribution >= 0.6 is 11.6 Å². The number of nitrogens with one attached hydrogen (secondary N) is 1. The summed E-state index contributed by atoms with van der Waals surface area (Å²) in [5, 5.41) is 0.607. The van der Waals surface area contributed by atoms with Crippen molar-refractivity contribution >= 4 is 17.5 Å². The van der Waals surface area contributed by atoms with E-state index in [1.54, 1.807) is 19.1 Å². The maximum atomic E-state index is 12.6. The second-order valence-corrected chi connectivity index (χ2v) is 6.89. The second-order valence-electron chi connectivity index (χ2n) is 6.46. The van der Waals surface area contributed by atoms with Gasteiger partial charge in [0.2, 0.25) is 0 Å². The van der Waals surface area contributed by atoms with Gasteiger partial charge in [0.15, 0.2) is 6.10 Å². The predicted molar refractivity (Wildman–Crippen MR) is 99.0 cm³/mol. The number of piperazine rings is 1. The van der Waals surface area contributed by atoms with Gasteiger partial charge in [0.05, 0.1) is 26.2 Å². The zero-order chi connectivity index (χ0) is 17.6. The predicted octanol–water partition coefficient (Wildman–Crippen LogP) is 2.03. The Kier molecular flexibility index (Phi) is 5.95. The number of ether oxygens (including phenoxy) is 1. The molecule has 3 rings (SSSR count). The number of hydrogen-bond acceptors (Lipinski definition) is 2. The van der Waals surface area contributed by atoms with Gasteiger partial charge in [-0.25, -0.2) is 0 Å². The Bertz CT molecular complexity index is 700. The highest BCUT2D eigenvalue weighted by molar-refractivity contribution is 6.30. The molecule has 2 aromatic rings. The van der Waals surface area contributed by atoms with Crippen LogP contribution in [0.3, 0.4) is 0 Å². The largest absolute Gasteiger partial charge is 0.481 e. The molecule has 1 heterocycles. The number of rotatable bonds is 5. The van der Waals surface area contributed by atoms with Crippen LogP contribution in [0, 0.1) is 0 Å². The van der Waals surface area contributed by atoms with E-state index in [0.29, 0.717) is 10.8 Å². The first kappa shape index (κ1) is 17.8. The molecule has 0 unspecified atom stereocenters. The maximum absolute atomic E-state index is 12.6. The Balaban J connectivity index is 1.49. The molecule has 1 atom stereocenters. The first-order chi connectivity index (χ1) is 12.1. The van der Waals surface area contributed by atoms with Crippen LogP contribution in [0.4, 0.5) is 0 Å². The van der Waals surface area contributed by atoms with Crippen LogP contribution < -0.4 is 9.64 Å². The topological polar surface area (TPSA) is 34.0 Å². The van der Waals surface area contributed by atoms with Gasteiger partial charge in [-0.1, -0.05) is 48.0 Å². The molecule has 4 nitrogen and oxygen atoms in total. The van der Waals surface area contributed by atoms with Crippen molar-refractivity contribution in [1.29, 1.82) is 0 Å². The Labute approximate surface area is 154 Å². The van der Waals surface area contributed by atoms with E-state index in [1.807, 2.05) is 23.1 Å². The minimum absolute atomic E-state index is 0.0405. The lowest BCUT2D eigenvalue weighted by atomic mass is 10.2. The Hall–Kier alpha value is -2.04. The van der Waals surface area contributed by atoms with Gasteiger partial charge in [-0.3, -0.25) is 4.79 Å². The number of carbonyl (C=O) groups excluding carboxylic acids is 1. The quantitative estimate of drug-likeness (QED) is 0.886. The fourth-order valence-corrected chi connectivity index (χ4v) is 3.34. The minimum atomic E-state index is -0.505. The first-order valence-corrected chi connectivity index (χ1v) is 9.08. The SMILES string of the molecule is C[C@@H](Oc1cccc(Cl)c1)C(=O)N1CC[NH+](Cc2ccccc2)CC1. The van der Waals surface area contributed by atoms with E-state index in [1.165, 1.54) is 10.5 Å². The highest BCUT2D eigenvalue weighted by Crippen LogP contribution is 2.18. The smallest absolute Gasteiger partial charge is 0.263 e. The maximum Gasteiger partial charge on any atom is 0.263 e. The van der Waals surface area contributed by atoms with Gasteiger partial charge in [-0.05, 0) is 25.1 Å². The van der Waals surface area contributed by atoms with E-state index in [9.17, 15) is 4.79 Å². The molecule has 0 aliphatic carbocycles. The van der Waals surface area contributed by atoms with Crippen molar-refractivity contribution in [2.24, 2.45) is 0 Å². The second kappa shape index (κ2) is 8.37. The lowest BCUT2D eigenvalue weighted by Crippen LogP contribution is -3.13. The molecule has 0 saturated carbocycles. The summed E-state index contributed by atoms with van der Waals surface area (Å²) in [7, 11) is 0. The van der Waals surface area contributed by atoms with Gasteiger partial charge >= 0.3 is 0 Å². The van der Waals surface area contributed by atoms with Crippen LogP contribution in [-0.2, 0) is 11.3 Å². The summed E-state index contributed by atoms with van der Waals surface area (Å²) in [4.78, 5) is 16.0. The molecule has 0 bridgehead atoms. The number of quaternary nitrogens is 1. The standard InChI is InChI=1S/C20H23ClN2O2/c1-16(25-19-9-5-8-18(21)14-19)20(24)23-12-10-22(11-13-23)15-17-6-3-2-4-7-17/h2-9,14,16H,10-13,15H2,1H3/p+1/t16-/m1/s1. The van der Waals surface area contributed by atoms with Gasteiger partial charge < -0.3 is 14.5 Å². The molecular formula is C20H24ClN2O2+. The summed E-state index contributed by atoms with van der Waals surface area (Å²) >= 11 is 5.96. The van der Waals surface area contributed by atoms with Gasteiger partial charge in [0.25, 0.3) is 5.91 Å². The zero-order valence-electron chi connectivity index (χ0n) is 14.5.